The molecule has 3 aromatic rings. The molecule has 4 nitrogen and oxygen atoms in total. The molecule has 0 radical (unpaired) electrons. The number of hydrogen-bond acceptors (Lipinski definition) is 3. The van der Waals surface area contributed by atoms with Gasteiger partial charge in [-0.15, -0.1) is 11.8 Å². The van der Waals surface area contributed by atoms with Crippen LogP contribution in [0.3, 0.4) is 0 Å². The van der Waals surface area contributed by atoms with Crippen molar-refractivity contribution in [1.29, 1.82) is 0 Å². The first-order valence-corrected chi connectivity index (χ1v) is 9.36. The zero-order valence-electron chi connectivity index (χ0n) is 14.4. The fraction of sp³-hybridized carbons (Fsp3) is 0.200. The summed E-state index contributed by atoms with van der Waals surface area (Å²) in [6.07, 6.45) is 5.80. The van der Waals surface area contributed by atoms with Gasteiger partial charge in [-0.3, -0.25) is 4.79 Å². The number of carbonyl (C=O) groups excluding carboxylic acids is 1. The van der Waals surface area contributed by atoms with Gasteiger partial charge in [0.2, 0.25) is 0 Å². The number of nitrogens with zero attached hydrogens (tertiary/aromatic N) is 2. The standard InChI is InChI=1S/C20H21N3OS/c1-15-21-10-11-23(15)14-17-5-3-4-16(12-17)13-22-20(24)18-6-8-19(25-2)9-7-18/h3-12H,13-14H2,1-2H3,(H,22,24). The molecule has 1 N–H and O–H groups in total. The third-order valence-corrected chi connectivity index (χ3v) is 4.82. The van der Waals surface area contributed by atoms with E-state index in [-0.39, 0.29) is 5.91 Å². The minimum Gasteiger partial charge on any atom is -0.348 e. The van der Waals surface area contributed by atoms with Crippen molar-refractivity contribution in [3.63, 3.8) is 0 Å². The Bertz CT molecular complexity index is 855. The van der Waals surface area contributed by atoms with E-state index in [0.717, 1.165) is 22.8 Å². The van der Waals surface area contributed by atoms with Gasteiger partial charge in [-0.25, -0.2) is 4.98 Å². The van der Waals surface area contributed by atoms with Gasteiger partial charge >= 0.3 is 0 Å². The van der Waals surface area contributed by atoms with Crippen molar-refractivity contribution in [2.45, 2.75) is 24.9 Å². The minimum atomic E-state index is -0.0523. The molecule has 0 aliphatic rings. The Kier molecular flexibility index (Phi) is 5.56. The lowest BCUT2D eigenvalue weighted by Gasteiger charge is -2.09. The first-order valence-electron chi connectivity index (χ1n) is 8.13. The number of benzene rings is 2. The Balaban J connectivity index is 1.61. The molecular weight excluding hydrogens is 330 g/mol. The van der Waals surface area contributed by atoms with Gasteiger partial charge in [-0.05, 0) is 48.6 Å². The molecule has 0 atom stereocenters. The molecule has 1 amide bonds. The smallest absolute Gasteiger partial charge is 0.251 e. The number of imidazole rings is 1. The molecule has 3 rings (SSSR count). The zero-order valence-corrected chi connectivity index (χ0v) is 15.2. The summed E-state index contributed by atoms with van der Waals surface area (Å²) in [7, 11) is 0. The fourth-order valence-corrected chi connectivity index (χ4v) is 3.04. The lowest BCUT2D eigenvalue weighted by atomic mass is 10.1. The Hall–Kier alpha value is -2.53. The number of aromatic nitrogens is 2. The van der Waals surface area contributed by atoms with E-state index in [1.807, 2.05) is 62.0 Å². The Morgan fingerprint density at radius 3 is 2.60 bits per heavy atom. The zero-order chi connectivity index (χ0) is 17.6. The van der Waals surface area contributed by atoms with Crippen molar-refractivity contribution in [3.05, 3.63) is 83.4 Å². The summed E-state index contributed by atoms with van der Waals surface area (Å²) in [6, 6.07) is 15.9. The maximum Gasteiger partial charge on any atom is 0.251 e. The van der Waals surface area contributed by atoms with Gasteiger partial charge in [0.15, 0.2) is 0 Å². The average Bonchev–Trinajstić information content (AvgIpc) is 3.05. The lowest BCUT2D eigenvalue weighted by Crippen LogP contribution is -2.22. The number of carbonyl (C=O) groups is 1. The number of aryl methyl sites for hydroxylation is 1. The highest BCUT2D eigenvalue weighted by molar-refractivity contribution is 7.98. The van der Waals surface area contributed by atoms with Gasteiger partial charge in [0.1, 0.15) is 5.82 Å². The van der Waals surface area contributed by atoms with Crippen molar-refractivity contribution in [2.24, 2.45) is 0 Å². The molecule has 5 heteroatoms. The van der Waals surface area contributed by atoms with Crippen LogP contribution in [0.1, 0.15) is 27.3 Å². The van der Waals surface area contributed by atoms with Crippen LogP contribution in [0.4, 0.5) is 0 Å². The molecule has 0 unspecified atom stereocenters. The second-order valence-corrected chi connectivity index (χ2v) is 6.71. The van der Waals surface area contributed by atoms with E-state index < -0.39 is 0 Å². The molecule has 128 valence electrons. The average molecular weight is 351 g/mol. The summed E-state index contributed by atoms with van der Waals surface area (Å²) in [5.74, 6) is 0.941. The van der Waals surface area contributed by atoms with E-state index in [2.05, 4.69) is 27.0 Å². The molecule has 0 saturated carbocycles. The lowest BCUT2D eigenvalue weighted by molar-refractivity contribution is 0.0951. The molecule has 0 saturated heterocycles. The molecule has 25 heavy (non-hydrogen) atoms. The normalized spacial score (nSPS) is 10.6. The SMILES string of the molecule is CSc1ccc(C(=O)NCc2cccc(Cn3ccnc3C)c2)cc1. The highest BCUT2D eigenvalue weighted by atomic mass is 32.2. The Morgan fingerprint density at radius 2 is 1.92 bits per heavy atom. The molecule has 0 spiro atoms. The molecule has 1 heterocycles. The van der Waals surface area contributed by atoms with Gasteiger partial charge < -0.3 is 9.88 Å². The summed E-state index contributed by atoms with van der Waals surface area (Å²) >= 11 is 1.67. The highest BCUT2D eigenvalue weighted by Gasteiger charge is 2.06. The van der Waals surface area contributed by atoms with E-state index in [4.69, 9.17) is 0 Å². The van der Waals surface area contributed by atoms with Crippen molar-refractivity contribution in [1.82, 2.24) is 14.9 Å². The number of hydrogen-bond donors (Lipinski definition) is 1. The summed E-state index contributed by atoms with van der Waals surface area (Å²) in [5.41, 5.74) is 2.96. The molecule has 1 aromatic heterocycles. The molecule has 0 aliphatic carbocycles. The van der Waals surface area contributed by atoms with E-state index >= 15 is 0 Å². The van der Waals surface area contributed by atoms with Crippen molar-refractivity contribution < 1.29 is 4.79 Å². The van der Waals surface area contributed by atoms with Crippen LogP contribution >= 0.6 is 11.8 Å². The summed E-state index contributed by atoms with van der Waals surface area (Å²) in [5, 5.41) is 2.99. The number of nitrogens with one attached hydrogen (secondary N) is 1. The Morgan fingerprint density at radius 1 is 1.16 bits per heavy atom. The first-order chi connectivity index (χ1) is 12.2. The van der Waals surface area contributed by atoms with Crippen LogP contribution in [0.5, 0.6) is 0 Å². The van der Waals surface area contributed by atoms with Crippen LogP contribution in [0.2, 0.25) is 0 Å². The van der Waals surface area contributed by atoms with Gasteiger partial charge in [0, 0.05) is 35.9 Å². The monoisotopic (exact) mass is 351 g/mol. The van der Waals surface area contributed by atoms with Crippen LogP contribution in [-0.4, -0.2) is 21.7 Å². The van der Waals surface area contributed by atoms with Crippen LogP contribution in [0, 0.1) is 6.92 Å². The van der Waals surface area contributed by atoms with E-state index in [0.29, 0.717) is 12.1 Å². The molecule has 0 bridgehead atoms. The maximum absolute atomic E-state index is 12.3. The van der Waals surface area contributed by atoms with Gasteiger partial charge in [0.25, 0.3) is 5.91 Å². The number of rotatable bonds is 6. The second-order valence-electron chi connectivity index (χ2n) is 5.83. The number of amides is 1. The van der Waals surface area contributed by atoms with Crippen LogP contribution in [0.15, 0.2) is 65.8 Å². The molecular formula is C20H21N3OS. The third-order valence-electron chi connectivity index (χ3n) is 4.07. The largest absolute Gasteiger partial charge is 0.348 e. The second kappa shape index (κ2) is 8.03. The highest BCUT2D eigenvalue weighted by Crippen LogP contribution is 2.15. The van der Waals surface area contributed by atoms with Crippen LogP contribution in [-0.2, 0) is 13.1 Å². The van der Waals surface area contributed by atoms with Crippen molar-refractivity contribution >= 4 is 17.7 Å². The fourth-order valence-electron chi connectivity index (χ4n) is 2.63. The van der Waals surface area contributed by atoms with Gasteiger partial charge in [-0.2, -0.15) is 0 Å². The summed E-state index contributed by atoms with van der Waals surface area (Å²) in [6.45, 7) is 3.29. The quantitative estimate of drug-likeness (QED) is 0.685. The van der Waals surface area contributed by atoms with Crippen LogP contribution in [0.25, 0.3) is 0 Å². The molecule has 0 aliphatic heterocycles. The van der Waals surface area contributed by atoms with E-state index in [1.54, 1.807) is 11.8 Å². The summed E-state index contributed by atoms with van der Waals surface area (Å²) in [4.78, 5) is 17.7. The topological polar surface area (TPSA) is 46.9 Å². The maximum atomic E-state index is 12.3. The molecule has 2 aromatic carbocycles. The summed E-state index contributed by atoms with van der Waals surface area (Å²) < 4.78 is 2.10. The van der Waals surface area contributed by atoms with Gasteiger partial charge in [0.05, 0.1) is 0 Å². The van der Waals surface area contributed by atoms with Crippen LogP contribution < -0.4 is 5.32 Å². The predicted octanol–water partition coefficient (Wildman–Crippen LogP) is 3.89. The van der Waals surface area contributed by atoms with Crippen molar-refractivity contribution in [2.75, 3.05) is 6.26 Å². The Labute approximate surface area is 152 Å². The van der Waals surface area contributed by atoms with E-state index in [1.165, 1.54) is 5.56 Å². The van der Waals surface area contributed by atoms with E-state index in [9.17, 15) is 4.79 Å². The minimum absolute atomic E-state index is 0.0523. The third kappa shape index (κ3) is 4.51. The number of thioether (sulfide) groups is 1. The molecule has 0 fully saturated rings. The first kappa shape index (κ1) is 17.3. The predicted molar refractivity (Wildman–Crippen MR) is 102 cm³/mol. The van der Waals surface area contributed by atoms with Crippen molar-refractivity contribution in [3.8, 4) is 0 Å². The van der Waals surface area contributed by atoms with Gasteiger partial charge in [-0.1, -0.05) is 24.3 Å².